The summed E-state index contributed by atoms with van der Waals surface area (Å²) >= 11 is 0. The summed E-state index contributed by atoms with van der Waals surface area (Å²) in [5, 5.41) is 38.5. The number of hydrogen-bond donors (Lipinski definition) is 4. The van der Waals surface area contributed by atoms with Crippen LogP contribution in [0.5, 0.6) is 0 Å². The number of aliphatic hydroxyl groups is 3. The molecule has 0 amide bonds. The summed E-state index contributed by atoms with van der Waals surface area (Å²) in [6.45, 7) is 5.94. The van der Waals surface area contributed by atoms with E-state index in [1.54, 1.807) is 0 Å². The number of benzene rings is 2. The number of fused-ring (bicyclic) bond motifs is 2. The van der Waals surface area contributed by atoms with Gasteiger partial charge in [0.15, 0.2) is 6.29 Å². The third kappa shape index (κ3) is 4.18. The zero-order chi connectivity index (χ0) is 25.7. The Morgan fingerprint density at radius 1 is 1.00 bits per heavy atom. The Bertz CT molecular complexity index is 1160. The van der Waals surface area contributed by atoms with Crippen molar-refractivity contribution in [2.75, 3.05) is 13.2 Å². The maximum atomic E-state index is 11.5. The second-order valence-corrected chi connectivity index (χ2v) is 12.0. The maximum Gasteiger partial charge on any atom is 0.182 e. The number of nitrogens with one attached hydrogen (secondary N) is 1. The molecule has 9 atom stereocenters. The minimum Gasteiger partial charge on any atom is -0.396 e. The molecule has 0 saturated heterocycles. The Hall–Kier alpha value is -1.76. The van der Waals surface area contributed by atoms with Crippen LogP contribution in [0.15, 0.2) is 36.4 Å². The van der Waals surface area contributed by atoms with E-state index in [2.05, 4.69) is 55.6 Å². The summed E-state index contributed by atoms with van der Waals surface area (Å²) in [6, 6.07) is 8.74. The maximum absolute atomic E-state index is 11.5. The molecule has 1 saturated carbocycles. The first kappa shape index (κ1) is 25.5. The summed E-state index contributed by atoms with van der Waals surface area (Å²) in [7, 11) is 0. The van der Waals surface area contributed by atoms with Crippen molar-refractivity contribution in [2.45, 2.75) is 83.3 Å². The minimum absolute atomic E-state index is 0.00502. The minimum atomic E-state index is -0.871. The van der Waals surface area contributed by atoms with Crippen molar-refractivity contribution in [1.29, 1.82) is 0 Å². The van der Waals surface area contributed by atoms with E-state index in [1.165, 1.54) is 41.2 Å². The highest BCUT2D eigenvalue weighted by Gasteiger charge is 2.52. The summed E-state index contributed by atoms with van der Waals surface area (Å²) in [4.78, 5) is 0. The van der Waals surface area contributed by atoms with Crippen LogP contribution in [0.3, 0.4) is 0 Å². The average Bonchev–Trinajstić information content (AvgIpc) is 2.93. The number of unbranched alkanes of at least 4 members (excludes halogenated alkanes) is 1. The van der Waals surface area contributed by atoms with E-state index in [4.69, 9.17) is 4.74 Å². The monoisotopic (exact) mass is 505 g/mol. The third-order valence-electron chi connectivity index (χ3n) is 10.2. The van der Waals surface area contributed by atoms with Gasteiger partial charge in [0.1, 0.15) is 6.23 Å². The van der Waals surface area contributed by atoms with Gasteiger partial charge in [0.2, 0.25) is 0 Å². The summed E-state index contributed by atoms with van der Waals surface area (Å²) in [5.41, 5.74) is 4.75. The molecule has 2 aromatic carbocycles. The molecule has 0 radical (unpaired) electrons. The molecule has 4 aliphatic rings. The van der Waals surface area contributed by atoms with Crippen molar-refractivity contribution < 1.29 is 20.1 Å². The third-order valence-corrected chi connectivity index (χ3v) is 10.2. The normalized spacial score (nSPS) is 33.3. The first-order valence-corrected chi connectivity index (χ1v) is 14.7. The lowest BCUT2D eigenvalue weighted by molar-refractivity contribution is -0.114. The fraction of sp³-hybridized carbons (Fsp3) is 0.625. The predicted octanol–water partition coefficient (Wildman–Crippen LogP) is 5.49. The van der Waals surface area contributed by atoms with E-state index in [9.17, 15) is 15.3 Å². The predicted molar refractivity (Wildman–Crippen MR) is 146 cm³/mol. The Labute approximate surface area is 220 Å². The van der Waals surface area contributed by atoms with Gasteiger partial charge in [-0.2, -0.15) is 0 Å². The first-order valence-electron chi connectivity index (χ1n) is 14.7. The first-order chi connectivity index (χ1) is 18.1. The molecule has 5 nitrogen and oxygen atoms in total. The standard InChI is InChI=1S/C32H43NO4/c1-3-5-6-18(4-2)15-33-31(35)25-13-11-23-22-10-8-20-17-37-32(36)26-14-12-24(30(22)28(20)26)21-9-7-19(16-34)27(25)29(21)23/h8,10-14,18-19,21,23,25,27,29,31-36H,3-7,9,15-17H2,1-2H3/t18?,19-,21?,23?,25?,27?,29?,31?,32?/m1/s1. The highest BCUT2D eigenvalue weighted by Crippen LogP contribution is 2.61. The van der Waals surface area contributed by atoms with Gasteiger partial charge in [-0.3, -0.25) is 5.32 Å². The van der Waals surface area contributed by atoms with Gasteiger partial charge < -0.3 is 20.1 Å². The van der Waals surface area contributed by atoms with Crippen molar-refractivity contribution in [1.82, 2.24) is 5.32 Å². The molecular weight excluding hydrogens is 462 g/mol. The van der Waals surface area contributed by atoms with Crippen molar-refractivity contribution in [3.63, 3.8) is 0 Å². The molecule has 200 valence electrons. The number of hydrogen-bond acceptors (Lipinski definition) is 5. The molecule has 0 bridgehead atoms. The molecule has 1 aliphatic heterocycles. The largest absolute Gasteiger partial charge is 0.396 e. The van der Waals surface area contributed by atoms with Crippen LogP contribution in [-0.2, 0) is 11.3 Å². The molecule has 1 heterocycles. The van der Waals surface area contributed by atoms with E-state index in [1.807, 2.05) is 0 Å². The van der Waals surface area contributed by atoms with Crippen LogP contribution in [-0.4, -0.2) is 34.7 Å². The van der Waals surface area contributed by atoms with Gasteiger partial charge >= 0.3 is 0 Å². The molecule has 2 aromatic rings. The highest BCUT2D eigenvalue weighted by atomic mass is 16.6. The molecule has 0 spiro atoms. The number of aliphatic hydroxyl groups excluding tert-OH is 3. The van der Waals surface area contributed by atoms with Crippen LogP contribution in [0.1, 0.15) is 92.8 Å². The second-order valence-electron chi connectivity index (χ2n) is 12.0. The van der Waals surface area contributed by atoms with Gasteiger partial charge in [-0.1, -0.05) is 69.5 Å². The molecule has 8 unspecified atom stereocenters. The molecule has 4 N–H and O–H groups in total. The van der Waals surface area contributed by atoms with Gasteiger partial charge in [0, 0.05) is 30.6 Å². The lowest BCUT2D eigenvalue weighted by Crippen LogP contribution is -2.51. The zero-order valence-electron chi connectivity index (χ0n) is 22.3. The molecular formula is C32H43NO4. The van der Waals surface area contributed by atoms with Crippen molar-refractivity contribution >= 4 is 10.8 Å². The van der Waals surface area contributed by atoms with Crippen LogP contribution in [0, 0.1) is 29.6 Å². The molecule has 3 aliphatic carbocycles. The van der Waals surface area contributed by atoms with Gasteiger partial charge in [0.05, 0.1) is 6.61 Å². The Balaban J connectivity index is 1.37. The van der Waals surface area contributed by atoms with E-state index in [0.717, 1.165) is 36.9 Å². The Morgan fingerprint density at radius 3 is 2.59 bits per heavy atom. The van der Waals surface area contributed by atoms with E-state index in [-0.39, 0.29) is 30.3 Å². The van der Waals surface area contributed by atoms with E-state index < -0.39 is 12.5 Å². The topological polar surface area (TPSA) is 82.0 Å². The van der Waals surface area contributed by atoms with Crippen LogP contribution in [0.4, 0.5) is 0 Å². The summed E-state index contributed by atoms with van der Waals surface area (Å²) in [6.07, 6.45) is 9.92. The van der Waals surface area contributed by atoms with E-state index >= 15 is 0 Å². The van der Waals surface area contributed by atoms with Crippen molar-refractivity contribution in [2.24, 2.45) is 29.6 Å². The zero-order valence-corrected chi connectivity index (χ0v) is 22.3. The summed E-state index contributed by atoms with van der Waals surface area (Å²) in [5.74, 6) is 2.01. The molecule has 5 heteroatoms. The van der Waals surface area contributed by atoms with Crippen LogP contribution >= 0.6 is 0 Å². The molecule has 1 fully saturated rings. The SMILES string of the molecule is CCCCC(CC)CNC(O)C1C=CC2c3ccc4c5c(ccc(c35)C3CC[C@H](CO)C1C23)C(O)OC4. The van der Waals surface area contributed by atoms with Crippen LogP contribution < -0.4 is 5.32 Å². The van der Waals surface area contributed by atoms with E-state index in [0.29, 0.717) is 24.4 Å². The smallest absolute Gasteiger partial charge is 0.182 e. The lowest BCUT2D eigenvalue weighted by atomic mass is 9.51. The molecule has 37 heavy (non-hydrogen) atoms. The molecule has 6 rings (SSSR count). The molecule has 0 aromatic heterocycles. The van der Waals surface area contributed by atoms with Crippen LogP contribution in [0.25, 0.3) is 10.8 Å². The average molecular weight is 506 g/mol. The van der Waals surface area contributed by atoms with Gasteiger partial charge in [-0.05, 0) is 76.3 Å². The quantitative estimate of drug-likeness (QED) is 0.268. The van der Waals surface area contributed by atoms with Crippen molar-refractivity contribution in [3.05, 3.63) is 58.7 Å². The summed E-state index contributed by atoms with van der Waals surface area (Å²) < 4.78 is 5.63. The fourth-order valence-corrected chi connectivity index (χ4v) is 8.32. The van der Waals surface area contributed by atoms with Gasteiger partial charge in [-0.15, -0.1) is 0 Å². The number of rotatable bonds is 9. The second kappa shape index (κ2) is 10.4. The number of allylic oxidation sites excluding steroid dienone is 1. The lowest BCUT2D eigenvalue weighted by Gasteiger charge is -2.54. The van der Waals surface area contributed by atoms with Gasteiger partial charge in [0.25, 0.3) is 0 Å². The Morgan fingerprint density at radius 2 is 1.81 bits per heavy atom. The Kier molecular flexibility index (Phi) is 7.19. The highest BCUT2D eigenvalue weighted by molar-refractivity contribution is 5.96. The van der Waals surface area contributed by atoms with Gasteiger partial charge in [-0.25, -0.2) is 0 Å². The van der Waals surface area contributed by atoms with Crippen molar-refractivity contribution in [3.8, 4) is 0 Å². The number of ether oxygens (including phenoxy) is 1. The van der Waals surface area contributed by atoms with Crippen LogP contribution in [0.2, 0.25) is 0 Å². The fourth-order valence-electron chi connectivity index (χ4n) is 8.32.